The van der Waals surface area contributed by atoms with Crippen molar-refractivity contribution in [3.8, 4) is 0 Å². The summed E-state index contributed by atoms with van der Waals surface area (Å²) in [6.45, 7) is 2.49. The highest BCUT2D eigenvalue weighted by atomic mass is 35.5. The van der Waals surface area contributed by atoms with Gasteiger partial charge in [0.1, 0.15) is 4.88 Å². The van der Waals surface area contributed by atoms with E-state index >= 15 is 0 Å². The average molecular weight is 219 g/mol. The van der Waals surface area contributed by atoms with Crippen molar-refractivity contribution in [1.29, 1.82) is 0 Å². The van der Waals surface area contributed by atoms with E-state index in [0.29, 0.717) is 11.4 Å². The van der Waals surface area contributed by atoms with Crippen molar-refractivity contribution in [3.63, 3.8) is 0 Å². The molecule has 0 saturated heterocycles. The molecule has 0 spiro atoms. The van der Waals surface area contributed by atoms with Gasteiger partial charge in [-0.15, -0.1) is 22.9 Å². The van der Waals surface area contributed by atoms with Gasteiger partial charge in [-0.2, -0.15) is 0 Å². The molecule has 1 amide bonds. The van der Waals surface area contributed by atoms with Crippen LogP contribution in [0.1, 0.15) is 23.0 Å². The van der Waals surface area contributed by atoms with Crippen LogP contribution in [0.15, 0.2) is 11.7 Å². The smallest absolute Gasteiger partial charge is 0.263 e. The Kier molecular flexibility index (Phi) is 4.18. The normalized spacial score (nSPS) is 12.5. The van der Waals surface area contributed by atoms with Crippen LogP contribution in [0.2, 0.25) is 0 Å². The summed E-state index contributed by atoms with van der Waals surface area (Å²) in [6.07, 6.45) is 2.40. The zero-order chi connectivity index (χ0) is 9.68. The van der Waals surface area contributed by atoms with Crippen molar-refractivity contribution in [1.82, 2.24) is 10.3 Å². The van der Waals surface area contributed by atoms with Crippen LogP contribution in [0, 0.1) is 0 Å². The van der Waals surface area contributed by atoms with Crippen LogP contribution in [-0.2, 0) is 0 Å². The number of nitrogens with one attached hydrogen (secondary N) is 1. The lowest BCUT2D eigenvalue weighted by molar-refractivity contribution is 0.0957. The van der Waals surface area contributed by atoms with Crippen LogP contribution in [0.3, 0.4) is 0 Å². The molecule has 5 heteroatoms. The zero-order valence-electron chi connectivity index (χ0n) is 7.29. The summed E-state index contributed by atoms with van der Waals surface area (Å²) in [6, 6.07) is 0. The molecule has 0 aromatic carbocycles. The third kappa shape index (κ3) is 3.32. The van der Waals surface area contributed by atoms with Gasteiger partial charge in [0, 0.05) is 6.54 Å². The van der Waals surface area contributed by atoms with Crippen LogP contribution in [-0.4, -0.2) is 22.8 Å². The Morgan fingerprint density at radius 1 is 1.85 bits per heavy atom. The third-order valence-corrected chi connectivity index (χ3v) is 2.82. The second-order valence-electron chi connectivity index (χ2n) is 2.58. The molecular weight excluding hydrogens is 208 g/mol. The van der Waals surface area contributed by atoms with Gasteiger partial charge in [0.15, 0.2) is 0 Å². The second-order valence-corrected chi connectivity index (χ2v) is 4.08. The molecule has 1 aromatic rings. The molecule has 0 aliphatic rings. The van der Waals surface area contributed by atoms with Gasteiger partial charge >= 0.3 is 0 Å². The minimum absolute atomic E-state index is 0.0110. The Hall–Kier alpha value is -0.610. The lowest BCUT2D eigenvalue weighted by Crippen LogP contribution is -2.28. The molecule has 0 fully saturated rings. The van der Waals surface area contributed by atoms with Gasteiger partial charge in [-0.1, -0.05) is 6.92 Å². The molecule has 1 heterocycles. The molecule has 72 valence electrons. The van der Waals surface area contributed by atoms with E-state index in [2.05, 4.69) is 10.3 Å². The molecule has 1 rings (SSSR count). The predicted octanol–water partition coefficient (Wildman–Crippen LogP) is 1.89. The fourth-order valence-corrected chi connectivity index (χ4v) is 1.38. The van der Waals surface area contributed by atoms with Crippen LogP contribution in [0.4, 0.5) is 0 Å². The van der Waals surface area contributed by atoms with E-state index in [-0.39, 0.29) is 11.3 Å². The van der Waals surface area contributed by atoms with E-state index in [9.17, 15) is 4.79 Å². The fraction of sp³-hybridized carbons (Fsp3) is 0.500. The lowest BCUT2D eigenvalue weighted by atomic mass is 10.3. The Morgan fingerprint density at radius 2 is 2.62 bits per heavy atom. The Morgan fingerprint density at radius 3 is 3.15 bits per heavy atom. The number of aromatic nitrogens is 1. The summed E-state index contributed by atoms with van der Waals surface area (Å²) in [5.74, 6) is -0.0957. The highest BCUT2D eigenvalue weighted by Gasteiger charge is 2.08. The first kappa shape index (κ1) is 10.5. The molecule has 0 radical (unpaired) electrons. The molecule has 1 atom stereocenters. The van der Waals surface area contributed by atoms with E-state index < -0.39 is 0 Å². The topological polar surface area (TPSA) is 42.0 Å². The third-order valence-electron chi connectivity index (χ3n) is 1.58. The van der Waals surface area contributed by atoms with Crippen LogP contribution in [0.25, 0.3) is 0 Å². The first-order chi connectivity index (χ1) is 6.24. The van der Waals surface area contributed by atoms with E-state index in [1.807, 2.05) is 6.92 Å². The molecule has 0 aliphatic heterocycles. The second kappa shape index (κ2) is 5.19. The molecule has 1 unspecified atom stereocenters. The largest absolute Gasteiger partial charge is 0.350 e. The molecule has 1 aromatic heterocycles. The zero-order valence-corrected chi connectivity index (χ0v) is 8.86. The number of alkyl halides is 1. The quantitative estimate of drug-likeness (QED) is 0.785. The van der Waals surface area contributed by atoms with Crippen molar-refractivity contribution in [2.24, 2.45) is 0 Å². The van der Waals surface area contributed by atoms with Gasteiger partial charge in [-0.25, -0.2) is 0 Å². The van der Waals surface area contributed by atoms with Crippen LogP contribution >= 0.6 is 22.9 Å². The molecular formula is C8H11ClN2OS. The molecule has 0 saturated carbocycles. The highest BCUT2D eigenvalue weighted by Crippen LogP contribution is 2.05. The SMILES string of the molecule is CCC(Cl)CNC(=O)c1cncs1. The summed E-state index contributed by atoms with van der Waals surface area (Å²) in [5.41, 5.74) is 1.63. The maximum Gasteiger partial charge on any atom is 0.263 e. The Bertz CT molecular complexity index is 263. The van der Waals surface area contributed by atoms with Gasteiger partial charge in [-0.3, -0.25) is 9.78 Å². The van der Waals surface area contributed by atoms with E-state index in [0.717, 1.165) is 6.42 Å². The average Bonchev–Trinajstić information content (AvgIpc) is 2.66. The van der Waals surface area contributed by atoms with Gasteiger partial charge in [0.05, 0.1) is 17.1 Å². The molecule has 13 heavy (non-hydrogen) atoms. The van der Waals surface area contributed by atoms with Crippen molar-refractivity contribution in [2.75, 3.05) is 6.54 Å². The maximum atomic E-state index is 11.3. The molecule has 1 N–H and O–H groups in total. The summed E-state index contributed by atoms with van der Waals surface area (Å²) < 4.78 is 0. The number of halogens is 1. The monoisotopic (exact) mass is 218 g/mol. The summed E-state index contributed by atoms with van der Waals surface area (Å²) >= 11 is 7.17. The first-order valence-electron chi connectivity index (χ1n) is 4.04. The summed E-state index contributed by atoms with van der Waals surface area (Å²) in [5, 5.41) is 2.75. The predicted molar refractivity (Wildman–Crippen MR) is 54.4 cm³/mol. The summed E-state index contributed by atoms with van der Waals surface area (Å²) in [7, 11) is 0. The fourth-order valence-electron chi connectivity index (χ4n) is 0.763. The minimum Gasteiger partial charge on any atom is -0.350 e. The Balaban J connectivity index is 2.35. The minimum atomic E-state index is -0.0957. The number of thiazole rings is 1. The van der Waals surface area contributed by atoms with Crippen molar-refractivity contribution in [3.05, 3.63) is 16.6 Å². The van der Waals surface area contributed by atoms with Crippen molar-refractivity contribution < 1.29 is 4.79 Å². The van der Waals surface area contributed by atoms with Gasteiger partial charge in [0.25, 0.3) is 5.91 Å². The van der Waals surface area contributed by atoms with Gasteiger partial charge in [0.2, 0.25) is 0 Å². The first-order valence-corrected chi connectivity index (χ1v) is 5.36. The van der Waals surface area contributed by atoms with Gasteiger partial charge in [-0.05, 0) is 6.42 Å². The summed E-state index contributed by atoms with van der Waals surface area (Å²) in [4.78, 5) is 15.8. The molecule has 0 bridgehead atoms. The number of rotatable bonds is 4. The van der Waals surface area contributed by atoms with E-state index in [4.69, 9.17) is 11.6 Å². The number of carbonyl (C=O) groups excluding carboxylic acids is 1. The van der Waals surface area contributed by atoms with Crippen LogP contribution < -0.4 is 5.32 Å². The standard InChI is InChI=1S/C8H11ClN2OS/c1-2-6(9)3-11-8(12)7-4-10-5-13-7/h4-6H,2-3H2,1H3,(H,11,12). The van der Waals surface area contributed by atoms with E-state index in [1.165, 1.54) is 11.3 Å². The van der Waals surface area contributed by atoms with Crippen molar-refractivity contribution in [2.45, 2.75) is 18.7 Å². The number of carbonyl (C=O) groups is 1. The highest BCUT2D eigenvalue weighted by molar-refractivity contribution is 7.11. The van der Waals surface area contributed by atoms with Crippen molar-refractivity contribution >= 4 is 28.8 Å². The van der Waals surface area contributed by atoms with Gasteiger partial charge < -0.3 is 5.32 Å². The number of amides is 1. The number of nitrogens with zero attached hydrogens (tertiary/aromatic N) is 1. The molecule has 3 nitrogen and oxygen atoms in total. The molecule has 0 aliphatic carbocycles. The Labute approximate surface area is 86.1 Å². The maximum absolute atomic E-state index is 11.3. The lowest BCUT2D eigenvalue weighted by Gasteiger charge is -2.06. The number of hydrogen-bond acceptors (Lipinski definition) is 3. The van der Waals surface area contributed by atoms with E-state index in [1.54, 1.807) is 11.7 Å². The number of hydrogen-bond donors (Lipinski definition) is 1. The van der Waals surface area contributed by atoms with Crippen LogP contribution in [0.5, 0.6) is 0 Å².